The smallest absolute Gasteiger partial charge is 0.123 e. The van der Waals surface area contributed by atoms with Gasteiger partial charge in [-0.2, -0.15) is 5.26 Å². The van der Waals surface area contributed by atoms with Crippen molar-refractivity contribution in [2.45, 2.75) is 13.1 Å². The summed E-state index contributed by atoms with van der Waals surface area (Å²) < 4.78 is 0. The molecule has 2 aromatic rings. The molecule has 0 spiro atoms. The Hall–Kier alpha value is -2.51. The molecule has 3 N–H and O–H groups in total. The van der Waals surface area contributed by atoms with Crippen molar-refractivity contribution in [2.24, 2.45) is 0 Å². The SMILES string of the molecule is N#Cc1ccc(CNCc2ccc(O)cc2O)cc1. The molecular formula is C15H14N2O2. The maximum absolute atomic E-state index is 9.62. The Morgan fingerprint density at radius 3 is 2.37 bits per heavy atom. The second-order valence-electron chi connectivity index (χ2n) is 4.23. The number of aromatic hydroxyl groups is 2. The molecule has 4 heteroatoms. The van der Waals surface area contributed by atoms with E-state index < -0.39 is 0 Å². The van der Waals surface area contributed by atoms with E-state index >= 15 is 0 Å². The lowest BCUT2D eigenvalue weighted by molar-refractivity contribution is 0.443. The van der Waals surface area contributed by atoms with E-state index in [0.717, 1.165) is 11.1 Å². The third kappa shape index (κ3) is 3.47. The number of nitriles is 1. The van der Waals surface area contributed by atoms with Gasteiger partial charge < -0.3 is 15.5 Å². The zero-order valence-electron chi connectivity index (χ0n) is 10.3. The van der Waals surface area contributed by atoms with E-state index in [4.69, 9.17) is 5.26 Å². The van der Waals surface area contributed by atoms with Gasteiger partial charge in [-0.1, -0.05) is 18.2 Å². The molecule has 0 aliphatic heterocycles. The Morgan fingerprint density at radius 1 is 1.00 bits per heavy atom. The Balaban J connectivity index is 1.91. The van der Waals surface area contributed by atoms with Crippen molar-refractivity contribution in [1.82, 2.24) is 5.32 Å². The van der Waals surface area contributed by atoms with Gasteiger partial charge in [0.25, 0.3) is 0 Å². The van der Waals surface area contributed by atoms with E-state index in [2.05, 4.69) is 11.4 Å². The molecule has 0 fully saturated rings. The van der Waals surface area contributed by atoms with Crippen LogP contribution in [0.2, 0.25) is 0 Å². The zero-order valence-corrected chi connectivity index (χ0v) is 10.3. The van der Waals surface area contributed by atoms with Gasteiger partial charge in [0.05, 0.1) is 11.6 Å². The molecule has 0 amide bonds. The van der Waals surface area contributed by atoms with Crippen molar-refractivity contribution < 1.29 is 10.2 Å². The van der Waals surface area contributed by atoms with E-state index in [1.54, 1.807) is 24.3 Å². The summed E-state index contributed by atoms with van der Waals surface area (Å²) in [5.41, 5.74) is 2.43. The highest BCUT2D eigenvalue weighted by Crippen LogP contribution is 2.22. The van der Waals surface area contributed by atoms with Gasteiger partial charge >= 0.3 is 0 Å². The highest BCUT2D eigenvalue weighted by Gasteiger charge is 2.02. The minimum absolute atomic E-state index is 0.0494. The van der Waals surface area contributed by atoms with Crippen molar-refractivity contribution in [3.05, 3.63) is 59.2 Å². The quantitative estimate of drug-likeness (QED) is 0.782. The minimum atomic E-state index is 0.0494. The maximum Gasteiger partial charge on any atom is 0.123 e. The van der Waals surface area contributed by atoms with Crippen molar-refractivity contribution in [3.63, 3.8) is 0 Å². The summed E-state index contributed by atoms with van der Waals surface area (Å²) >= 11 is 0. The number of hydrogen-bond acceptors (Lipinski definition) is 4. The molecule has 0 bridgehead atoms. The largest absolute Gasteiger partial charge is 0.508 e. The number of phenolic OH excluding ortho intramolecular Hbond substituents is 2. The standard InChI is InChI=1S/C15H14N2O2/c16-8-11-1-3-12(4-2-11)9-17-10-13-5-6-14(18)7-15(13)19/h1-7,17-19H,9-10H2. The molecule has 0 radical (unpaired) electrons. The first-order valence-corrected chi connectivity index (χ1v) is 5.89. The third-order valence-electron chi connectivity index (χ3n) is 2.80. The second kappa shape index (κ2) is 5.89. The maximum atomic E-state index is 9.62. The van der Waals surface area contributed by atoms with Gasteiger partial charge in [0, 0.05) is 24.7 Å². The Kier molecular flexibility index (Phi) is 4.01. The predicted molar refractivity (Wildman–Crippen MR) is 71.5 cm³/mol. The molecule has 0 aromatic heterocycles. The number of hydrogen-bond donors (Lipinski definition) is 3. The van der Waals surface area contributed by atoms with Crippen LogP contribution in [0, 0.1) is 11.3 Å². The zero-order chi connectivity index (χ0) is 13.7. The summed E-state index contributed by atoms with van der Waals surface area (Å²) in [5, 5.41) is 30.7. The molecule has 0 aliphatic carbocycles. The van der Waals surface area contributed by atoms with Crippen LogP contribution in [0.5, 0.6) is 11.5 Å². The topological polar surface area (TPSA) is 76.3 Å². The number of nitrogens with one attached hydrogen (secondary N) is 1. The lowest BCUT2D eigenvalue weighted by Gasteiger charge is -2.07. The fourth-order valence-corrected chi connectivity index (χ4v) is 1.74. The van der Waals surface area contributed by atoms with Crippen LogP contribution in [-0.2, 0) is 13.1 Å². The van der Waals surface area contributed by atoms with Crippen LogP contribution in [0.4, 0.5) is 0 Å². The van der Waals surface area contributed by atoms with E-state index in [9.17, 15) is 10.2 Å². The second-order valence-corrected chi connectivity index (χ2v) is 4.23. The van der Waals surface area contributed by atoms with Crippen molar-refractivity contribution in [1.29, 1.82) is 5.26 Å². The van der Waals surface area contributed by atoms with Gasteiger partial charge in [0.1, 0.15) is 11.5 Å². The lowest BCUT2D eigenvalue weighted by Crippen LogP contribution is -2.12. The Labute approximate surface area is 111 Å². The van der Waals surface area contributed by atoms with Gasteiger partial charge in [-0.25, -0.2) is 0 Å². The molecule has 0 heterocycles. The van der Waals surface area contributed by atoms with Crippen molar-refractivity contribution >= 4 is 0 Å². The molecule has 0 atom stereocenters. The molecule has 19 heavy (non-hydrogen) atoms. The van der Waals surface area contributed by atoms with Gasteiger partial charge in [0.2, 0.25) is 0 Å². The first kappa shape index (κ1) is 12.9. The Bertz CT molecular complexity index is 601. The molecule has 0 saturated carbocycles. The van der Waals surface area contributed by atoms with E-state index in [1.807, 2.05) is 12.1 Å². The predicted octanol–water partition coefficient (Wildman–Crippen LogP) is 2.26. The van der Waals surface area contributed by atoms with Crippen molar-refractivity contribution in [2.75, 3.05) is 0 Å². The molecule has 0 saturated heterocycles. The van der Waals surface area contributed by atoms with Crippen LogP contribution in [0.3, 0.4) is 0 Å². The summed E-state index contributed by atoms with van der Waals surface area (Å²) in [6, 6.07) is 13.9. The molecule has 0 unspecified atom stereocenters. The molecule has 2 aromatic carbocycles. The summed E-state index contributed by atoms with van der Waals surface area (Å²) in [6.07, 6.45) is 0. The van der Waals surface area contributed by atoms with E-state index in [1.165, 1.54) is 6.07 Å². The highest BCUT2D eigenvalue weighted by atomic mass is 16.3. The fraction of sp³-hybridized carbons (Fsp3) is 0.133. The molecule has 2 rings (SSSR count). The fourth-order valence-electron chi connectivity index (χ4n) is 1.74. The summed E-state index contributed by atoms with van der Waals surface area (Å²) in [4.78, 5) is 0. The normalized spacial score (nSPS) is 10.1. The van der Waals surface area contributed by atoms with Crippen LogP contribution >= 0.6 is 0 Å². The van der Waals surface area contributed by atoms with Crippen molar-refractivity contribution in [3.8, 4) is 17.6 Å². The number of rotatable bonds is 4. The van der Waals surface area contributed by atoms with Crippen LogP contribution in [0.25, 0.3) is 0 Å². The van der Waals surface area contributed by atoms with Gasteiger partial charge in [0.15, 0.2) is 0 Å². The summed E-state index contributed by atoms with van der Waals surface area (Å²) in [5.74, 6) is 0.126. The van der Waals surface area contributed by atoms with E-state index in [0.29, 0.717) is 18.7 Å². The van der Waals surface area contributed by atoms with Crippen LogP contribution in [0.1, 0.15) is 16.7 Å². The van der Waals surface area contributed by atoms with E-state index in [-0.39, 0.29) is 11.5 Å². The van der Waals surface area contributed by atoms with Gasteiger partial charge in [-0.15, -0.1) is 0 Å². The van der Waals surface area contributed by atoms with Crippen LogP contribution < -0.4 is 5.32 Å². The van der Waals surface area contributed by atoms with Gasteiger partial charge in [-0.05, 0) is 23.8 Å². The molecular weight excluding hydrogens is 240 g/mol. The average molecular weight is 254 g/mol. The number of nitrogens with zero attached hydrogens (tertiary/aromatic N) is 1. The first-order chi connectivity index (χ1) is 9.19. The average Bonchev–Trinajstić information content (AvgIpc) is 2.42. The minimum Gasteiger partial charge on any atom is -0.508 e. The number of benzene rings is 2. The lowest BCUT2D eigenvalue weighted by atomic mass is 10.1. The van der Waals surface area contributed by atoms with Gasteiger partial charge in [-0.3, -0.25) is 0 Å². The first-order valence-electron chi connectivity index (χ1n) is 5.89. The molecule has 4 nitrogen and oxygen atoms in total. The Morgan fingerprint density at radius 2 is 1.74 bits per heavy atom. The van der Waals surface area contributed by atoms with Crippen LogP contribution in [-0.4, -0.2) is 10.2 Å². The number of phenols is 2. The monoisotopic (exact) mass is 254 g/mol. The highest BCUT2D eigenvalue weighted by molar-refractivity contribution is 5.38. The summed E-state index contributed by atoms with van der Waals surface area (Å²) in [7, 11) is 0. The molecule has 0 aliphatic rings. The summed E-state index contributed by atoms with van der Waals surface area (Å²) in [6.45, 7) is 1.15. The molecule has 96 valence electrons. The third-order valence-corrected chi connectivity index (χ3v) is 2.80. The van der Waals surface area contributed by atoms with Crippen LogP contribution in [0.15, 0.2) is 42.5 Å².